The molecule has 0 heterocycles. The van der Waals surface area contributed by atoms with E-state index in [1.165, 1.54) is 18.2 Å². The number of carbonyl (C=O) groups is 1. The fourth-order valence-electron chi connectivity index (χ4n) is 1.74. The normalized spacial score (nSPS) is 10.2. The van der Waals surface area contributed by atoms with Crippen LogP contribution in [0.4, 0.5) is 11.4 Å². The fraction of sp³-hybridized carbons (Fsp3) is 0.462. The molecule has 0 fully saturated rings. The van der Waals surface area contributed by atoms with Gasteiger partial charge in [-0.1, -0.05) is 0 Å². The summed E-state index contributed by atoms with van der Waals surface area (Å²) >= 11 is 0. The van der Waals surface area contributed by atoms with E-state index in [0.29, 0.717) is 18.8 Å². The van der Waals surface area contributed by atoms with Crippen molar-refractivity contribution in [3.63, 3.8) is 0 Å². The number of nitrogens with one attached hydrogen (secondary N) is 1. The molecule has 110 valence electrons. The molecule has 0 saturated carbocycles. The lowest BCUT2D eigenvalue weighted by molar-refractivity contribution is -0.385. The number of anilines is 1. The maximum absolute atomic E-state index is 11.9. The number of benzene rings is 1. The summed E-state index contributed by atoms with van der Waals surface area (Å²) in [4.78, 5) is 22.2. The lowest BCUT2D eigenvalue weighted by Crippen LogP contribution is -2.25. The van der Waals surface area contributed by atoms with Crippen LogP contribution in [0.3, 0.4) is 0 Å². The topological polar surface area (TPSA) is 107 Å². The standard InChI is InChI=1S/C13H19N3O4/c1-20-8-4-2-3-7-15-13(17)11-9-10(14)5-6-12(11)16(18)19/h5-6,9H,2-4,7-8,14H2,1H3,(H,15,17). The summed E-state index contributed by atoms with van der Waals surface area (Å²) in [6.07, 6.45) is 2.64. The van der Waals surface area contributed by atoms with Gasteiger partial charge < -0.3 is 15.8 Å². The Hall–Kier alpha value is -2.15. The van der Waals surface area contributed by atoms with Crippen LogP contribution in [0.25, 0.3) is 0 Å². The fourth-order valence-corrected chi connectivity index (χ4v) is 1.74. The van der Waals surface area contributed by atoms with Crippen LogP contribution >= 0.6 is 0 Å². The number of nitro groups is 1. The van der Waals surface area contributed by atoms with Crippen molar-refractivity contribution < 1.29 is 14.5 Å². The third kappa shape index (κ3) is 4.85. The molecule has 0 aromatic heterocycles. The number of hydrogen-bond acceptors (Lipinski definition) is 5. The molecule has 1 aromatic rings. The van der Waals surface area contributed by atoms with E-state index in [0.717, 1.165) is 19.3 Å². The lowest BCUT2D eigenvalue weighted by Gasteiger charge is -2.06. The zero-order valence-corrected chi connectivity index (χ0v) is 11.4. The predicted molar refractivity (Wildman–Crippen MR) is 75.6 cm³/mol. The molecule has 1 rings (SSSR count). The minimum Gasteiger partial charge on any atom is -0.399 e. The van der Waals surface area contributed by atoms with Gasteiger partial charge >= 0.3 is 0 Å². The van der Waals surface area contributed by atoms with Crippen molar-refractivity contribution in [1.82, 2.24) is 5.32 Å². The highest BCUT2D eigenvalue weighted by Crippen LogP contribution is 2.20. The number of rotatable bonds is 8. The molecule has 3 N–H and O–H groups in total. The van der Waals surface area contributed by atoms with Crippen molar-refractivity contribution in [3.8, 4) is 0 Å². The second kappa shape index (κ2) is 8.11. The molecule has 0 radical (unpaired) electrons. The molecule has 0 spiro atoms. The molecular formula is C13H19N3O4. The van der Waals surface area contributed by atoms with Crippen molar-refractivity contribution in [2.75, 3.05) is 26.0 Å². The van der Waals surface area contributed by atoms with E-state index in [9.17, 15) is 14.9 Å². The van der Waals surface area contributed by atoms with Crippen LogP contribution in [0.1, 0.15) is 29.6 Å². The van der Waals surface area contributed by atoms with Crippen molar-refractivity contribution >= 4 is 17.3 Å². The number of unbranched alkanes of at least 4 members (excludes halogenated alkanes) is 2. The third-order valence-corrected chi connectivity index (χ3v) is 2.77. The Labute approximate surface area is 117 Å². The van der Waals surface area contributed by atoms with E-state index < -0.39 is 10.8 Å². The second-order valence-electron chi connectivity index (χ2n) is 4.34. The third-order valence-electron chi connectivity index (χ3n) is 2.77. The zero-order chi connectivity index (χ0) is 15.0. The highest BCUT2D eigenvalue weighted by atomic mass is 16.6. The quantitative estimate of drug-likeness (QED) is 0.326. The van der Waals surface area contributed by atoms with Crippen molar-refractivity contribution in [2.45, 2.75) is 19.3 Å². The summed E-state index contributed by atoms with van der Waals surface area (Å²) in [6, 6.07) is 3.96. The van der Waals surface area contributed by atoms with E-state index in [4.69, 9.17) is 10.5 Å². The molecule has 0 aliphatic heterocycles. The Balaban J connectivity index is 2.54. The molecule has 7 heteroatoms. The Morgan fingerprint density at radius 3 is 2.80 bits per heavy atom. The smallest absolute Gasteiger partial charge is 0.282 e. The Morgan fingerprint density at radius 1 is 1.40 bits per heavy atom. The van der Waals surface area contributed by atoms with Crippen molar-refractivity contribution in [3.05, 3.63) is 33.9 Å². The molecule has 7 nitrogen and oxygen atoms in total. The number of nitrogens with zero attached hydrogens (tertiary/aromatic N) is 1. The van der Waals surface area contributed by atoms with Gasteiger partial charge in [-0.25, -0.2) is 0 Å². The number of nitrogens with two attached hydrogens (primary N) is 1. The molecule has 0 unspecified atom stereocenters. The number of hydrogen-bond donors (Lipinski definition) is 2. The Kier molecular flexibility index (Phi) is 6.45. The molecule has 0 aliphatic carbocycles. The summed E-state index contributed by atoms with van der Waals surface area (Å²) in [5, 5.41) is 13.5. The first-order valence-corrected chi connectivity index (χ1v) is 6.37. The Bertz CT molecular complexity index is 477. The van der Waals surface area contributed by atoms with E-state index in [2.05, 4.69) is 5.32 Å². The van der Waals surface area contributed by atoms with E-state index >= 15 is 0 Å². The van der Waals surface area contributed by atoms with Gasteiger partial charge in [0.25, 0.3) is 11.6 Å². The van der Waals surface area contributed by atoms with Gasteiger partial charge in [-0.05, 0) is 31.4 Å². The van der Waals surface area contributed by atoms with Crippen LogP contribution < -0.4 is 11.1 Å². The highest BCUT2D eigenvalue weighted by Gasteiger charge is 2.19. The number of nitrogen functional groups attached to an aromatic ring is 1. The minimum atomic E-state index is -0.590. The minimum absolute atomic E-state index is 0.00751. The molecule has 1 amide bonds. The summed E-state index contributed by atoms with van der Waals surface area (Å²) in [5.41, 5.74) is 5.63. The molecule has 20 heavy (non-hydrogen) atoms. The van der Waals surface area contributed by atoms with Crippen molar-refractivity contribution in [2.24, 2.45) is 0 Å². The van der Waals surface area contributed by atoms with Crippen LogP contribution in [-0.2, 0) is 4.74 Å². The average molecular weight is 281 g/mol. The maximum atomic E-state index is 11.9. The molecule has 0 bridgehead atoms. The van der Waals surface area contributed by atoms with Crippen LogP contribution in [0.2, 0.25) is 0 Å². The molecule has 1 aromatic carbocycles. The van der Waals surface area contributed by atoms with Crippen LogP contribution in [0.5, 0.6) is 0 Å². The number of nitro benzene ring substituents is 1. The van der Waals surface area contributed by atoms with Gasteiger partial charge in [0.2, 0.25) is 0 Å². The number of carbonyl (C=O) groups excluding carboxylic acids is 1. The average Bonchev–Trinajstić information content (AvgIpc) is 2.42. The summed E-state index contributed by atoms with van der Waals surface area (Å²) < 4.78 is 4.92. The lowest BCUT2D eigenvalue weighted by atomic mass is 10.1. The van der Waals surface area contributed by atoms with Gasteiger partial charge in [-0.2, -0.15) is 0 Å². The van der Waals surface area contributed by atoms with Crippen LogP contribution in [0.15, 0.2) is 18.2 Å². The highest BCUT2D eigenvalue weighted by molar-refractivity contribution is 5.99. The summed E-state index contributed by atoms with van der Waals surface area (Å²) in [7, 11) is 1.64. The molecular weight excluding hydrogens is 262 g/mol. The van der Waals surface area contributed by atoms with Gasteiger partial charge in [0.15, 0.2) is 0 Å². The van der Waals surface area contributed by atoms with Gasteiger partial charge in [0, 0.05) is 32.0 Å². The number of methoxy groups -OCH3 is 1. The SMILES string of the molecule is COCCCCCNC(=O)c1cc(N)ccc1[N+](=O)[O-]. The predicted octanol–water partition coefficient (Wildman–Crippen LogP) is 1.72. The van der Waals surface area contributed by atoms with Crippen molar-refractivity contribution in [1.29, 1.82) is 0 Å². The van der Waals surface area contributed by atoms with Gasteiger partial charge in [0.05, 0.1) is 4.92 Å². The first kappa shape index (κ1) is 15.9. The van der Waals surface area contributed by atoms with E-state index in [1.54, 1.807) is 7.11 Å². The summed E-state index contributed by atoms with van der Waals surface area (Å²) in [6.45, 7) is 1.16. The van der Waals surface area contributed by atoms with Gasteiger partial charge in [-0.3, -0.25) is 14.9 Å². The van der Waals surface area contributed by atoms with Gasteiger partial charge in [-0.15, -0.1) is 0 Å². The summed E-state index contributed by atoms with van der Waals surface area (Å²) in [5.74, 6) is -0.476. The number of ether oxygens (including phenoxy) is 1. The monoisotopic (exact) mass is 281 g/mol. The molecule has 0 saturated heterocycles. The molecule has 0 aliphatic rings. The zero-order valence-electron chi connectivity index (χ0n) is 11.4. The maximum Gasteiger partial charge on any atom is 0.282 e. The first-order valence-electron chi connectivity index (χ1n) is 6.37. The second-order valence-corrected chi connectivity index (χ2v) is 4.34. The first-order chi connectivity index (χ1) is 9.56. The molecule has 0 atom stereocenters. The largest absolute Gasteiger partial charge is 0.399 e. The van der Waals surface area contributed by atoms with Crippen LogP contribution in [-0.4, -0.2) is 31.1 Å². The van der Waals surface area contributed by atoms with E-state index in [1.807, 2.05) is 0 Å². The Morgan fingerprint density at radius 2 is 2.15 bits per heavy atom. The van der Waals surface area contributed by atoms with Crippen LogP contribution in [0, 0.1) is 10.1 Å². The number of amides is 1. The van der Waals surface area contributed by atoms with Gasteiger partial charge in [0.1, 0.15) is 5.56 Å². The van der Waals surface area contributed by atoms with E-state index in [-0.39, 0.29) is 11.3 Å².